The second-order valence-electron chi connectivity index (χ2n) is 4.38. The molecule has 1 heterocycles. The Morgan fingerprint density at radius 2 is 1.86 bits per heavy atom. The van der Waals surface area contributed by atoms with E-state index in [-0.39, 0.29) is 5.37 Å². The van der Waals surface area contributed by atoms with Crippen LogP contribution in [0.3, 0.4) is 0 Å². The zero-order valence-corrected chi connectivity index (χ0v) is 9.08. The van der Waals surface area contributed by atoms with Crippen molar-refractivity contribution in [2.24, 2.45) is 11.7 Å². The van der Waals surface area contributed by atoms with Crippen LogP contribution in [0.15, 0.2) is 0 Å². The monoisotopic (exact) mass is 218 g/mol. The highest BCUT2D eigenvalue weighted by Crippen LogP contribution is 2.37. The lowest BCUT2D eigenvalue weighted by molar-refractivity contribution is 0.179. The van der Waals surface area contributed by atoms with Gasteiger partial charge in [-0.25, -0.2) is 4.21 Å². The average molecular weight is 218 g/mol. The Labute approximate surface area is 87.1 Å². The Morgan fingerprint density at radius 1 is 1.29 bits per heavy atom. The van der Waals surface area contributed by atoms with E-state index in [1.165, 1.54) is 0 Å². The highest BCUT2D eigenvalue weighted by molar-refractivity contribution is 7.79. The summed E-state index contributed by atoms with van der Waals surface area (Å²) in [5, 5.41) is -0.123. The van der Waals surface area contributed by atoms with E-state index in [2.05, 4.69) is 4.90 Å². The zero-order chi connectivity index (χ0) is 10.1. The smallest absolute Gasteiger partial charge is 0.171 e. The molecular weight excluding hydrogens is 200 g/mol. The van der Waals surface area contributed by atoms with E-state index in [4.69, 9.17) is 5.73 Å². The summed E-state index contributed by atoms with van der Waals surface area (Å²) in [6.45, 7) is 1.77. The Kier molecular flexibility index (Phi) is 3.21. The lowest BCUT2D eigenvalue weighted by Gasteiger charge is -2.34. The highest BCUT2D eigenvalue weighted by Gasteiger charge is 2.39. The van der Waals surface area contributed by atoms with E-state index in [0.29, 0.717) is 12.0 Å². The van der Waals surface area contributed by atoms with Gasteiger partial charge in [-0.05, 0) is 31.6 Å². The molecule has 2 atom stereocenters. The predicted molar refractivity (Wildman–Crippen MR) is 56.1 cm³/mol. The van der Waals surface area contributed by atoms with E-state index in [0.717, 1.165) is 38.8 Å². The summed E-state index contributed by atoms with van der Waals surface area (Å²) in [6, 6.07) is 0.290. The molecule has 82 valence electrons. The van der Waals surface area contributed by atoms with Crippen LogP contribution in [0.4, 0.5) is 0 Å². The molecule has 0 aromatic heterocycles. The van der Waals surface area contributed by atoms with Crippen LogP contribution in [0.5, 0.6) is 0 Å². The number of hydrogen-bond donors (Lipinski definition) is 2. The molecule has 0 spiro atoms. The van der Waals surface area contributed by atoms with Crippen LogP contribution in [0.1, 0.15) is 25.7 Å². The molecule has 1 saturated carbocycles. The molecule has 4 nitrogen and oxygen atoms in total. The summed E-state index contributed by atoms with van der Waals surface area (Å²) >= 11 is -1.69. The van der Waals surface area contributed by atoms with E-state index in [9.17, 15) is 8.76 Å². The van der Waals surface area contributed by atoms with Crippen LogP contribution in [0.2, 0.25) is 0 Å². The van der Waals surface area contributed by atoms with E-state index < -0.39 is 11.1 Å². The van der Waals surface area contributed by atoms with Crippen LogP contribution in [-0.2, 0) is 11.1 Å². The van der Waals surface area contributed by atoms with Crippen molar-refractivity contribution < 1.29 is 8.76 Å². The summed E-state index contributed by atoms with van der Waals surface area (Å²) in [7, 11) is 0. The fourth-order valence-corrected chi connectivity index (χ4v) is 3.21. The number of likely N-dealkylation sites (tertiary alicyclic amines) is 1. The molecule has 1 aliphatic heterocycles. The molecule has 2 rings (SSSR count). The maximum absolute atomic E-state index is 11.2. The van der Waals surface area contributed by atoms with Crippen LogP contribution in [0.25, 0.3) is 0 Å². The van der Waals surface area contributed by atoms with Crippen LogP contribution in [0, 0.1) is 5.92 Å². The third-order valence-electron chi connectivity index (χ3n) is 3.17. The fraction of sp³-hybridized carbons (Fsp3) is 1.00. The minimum Gasteiger partial charge on any atom is -0.328 e. The summed E-state index contributed by atoms with van der Waals surface area (Å²) in [4.78, 5) is 2.15. The normalized spacial score (nSPS) is 30.1. The van der Waals surface area contributed by atoms with Crippen molar-refractivity contribution >= 4 is 11.1 Å². The van der Waals surface area contributed by atoms with Crippen molar-refractivity contribution in [2.75, 3.05) is 13.1 Å². The lowest BCUT2D eigenvalue weighted by Crippen LogP contribution is -2.47. The molecule has 0 amide bonds. The standard InChI is InChI=1S/C9H18N2O2S/c10-8-3-5-11(6-4-8)9(14(12)13)7-1-2-7/h7-9H,1-6,10H2,(H,12,13). The predicted octanol–water partition coefficient (Wildman–Crippen LogP) is 0.367. The lowest BCUT2D eigenvalue weighted by atomic mass is 10.1. The second kappa shape index (κ2) is 4.26. The number of nitrogens with zero attached hydrogens (tertiary/aromatic N) is 1. The van der Waals surface area contributed by atoms with Crippen molar-refractivity contribution in [1.29, 1.82) is 0 Å². The molecule has 1 aliphatic carbocycles. The molecular formula is C9H18N2O2S. The van der Waals surface area contributed by atoms with Gasteiger partial charge in [-0.15, -0.1) is 0 Å². The molecule has 0 bridgehead atoms. The molecule has 3 N–H and O–H groups in total. The van der Waals surface area contributed by atoms with Gasteiger partial charge in [-0.1, -0.05) is 0 Å². The van der Waals surface area contributed by atoms with Crippen molar-refractivity contribution in [3.05, 3.63) is 0 Å². The van der Waals surface area contributed by atoms with Crippen LogP contribution < -0.4 is 5.73 Å². The summed E-state index contributed by atoms with van der Waals surface area (Å²) in [5.41, 5.74) is 5.80. The topological polar surface area (TPSA) is 66.6 Å². The first kappa shape index (κ1) is 10.5. The summed E-state index contributed by atoms with van der Waals surface area (Å²) in [5.74, 6) is 0.454. The number of rotatable bonds is 3. The first-order valence-electron chi connectivity index (χ1n) is 5.28. The van der Waals surface area contributed by atoms with Gasteiger partial charge in [-0.3, -0.25) is 4.90 Å². The molecule has 1 saturated heterocycles. The van der Waals surface area contributed by atoms with Gasteiger partial charge in [0.1, 0.15) is 5.37 Å². The molecule has 2 unspecified atom stereocenters. The van der Waals surface area contributed by atoms with Gasteiger partial charge in [0.2, 0.25) is 0 Å². The van der Waals surface area contributed by atoms with Crippen molar-refractivity contribution in [3.63, 3.8) is 0 Å². The van der Waals surface area contributed by atoms with Gasteiger partial charge < -0.3 is 10.3 Å². The molecule has 0 aromatic rings. The molecule has 0 radical (unpaired) electrons. The molecule has 0 aromatic carbocycles. The number of hydrogen-bond acceptors (Lipinski definition) is 3. The third kappa shape index (κ3) is 2.34. The van der Waals surface area contributed by atoms with E-state index in [1.807, 2.05) is 0 Å². The first-order chi connectivity index (χ1) is 6.68. The van der Waals surface area contributed by atoms with E-state index in [1.54, 1.807) is 0 Å². The van der Waals surface area contributed by atoms with Crippen molar-refractivity contribution in [2.45, 2.75) is 37.1 Å². The van der Waals surface area contributed by atoms with Crippen LogP contribution in [-0.4, -0.2) is 38.2 Å². The third-order valence-corrected chi connectivity index (χ3v) is 4.26. The molecule has 2 aliphatic rings. The van der Waals surface area contributed by atoms with Crippen molar-refractivity contribution in [1.82, 2.24) is 4.90 Å². The van der Waals surface area contributed by atoms with Gasteiger partial charge in [0.05, 0.1) is 0 Å². The van der Waals surface area contributed by atoms with Gasteiger partial charge in [-0.2, -0.15) is 0 Å². The quantitative estimate of drug-likeness (QED) is 0.672. The maximum Gasteiger partial charge on any atom is 0.171 e. The second-order valence-corrected chi connectivity index (χ2v) is 5.41. The van der Waals surface area contributed by atoms with Gasteiger partial charge >= 0.3 is 0 Å². The summed E-state index contributed by atoms with van der Waals surface area (Å²) in [6.07, 6.45) is 4.14. The summed E-state index contributed by atoms with van der Waals surface area (Å²) < 4.78 is 20.4. The van der Waals surface area contributed by atoms with E-state index >= 15 is 0 Å². The van der Waals surface area contributed by atoms with Crippen LogP contribution >= 0.6 is 0 Å². The minimum atomic E-state index is -1.69. The zero-order valence-electron chi connectivity index (χ0n) is 8.26. The SMILES string of the molecule is NC1CCN(C(C2CC2)S(=O)O)CC1. The Balaban J connectivity index is 1.94. The number of nitrogens with two attached hydrogens (primary N) is 1. The van der Waals surface area contributed by atoms with Crippen molar-refractivity contribution in [3.8, 4) is 0 Å². The maximum atomic E-state index is 11.2. The largest absolute Gasteiger partial charge is 0.328 e. The van der Waals surface area contributed by atoms with Gasteiger partial charge in [0.25, 0.3) is 0 Å². The minimum absolute atomic E-state index is 0.123. The first-order valence-corrected chi connectivity index (χ1v) is 6.45. The molecule has 14 heavy (non-hydrogen) atoms. The number of piperidine rings is 1. The average Bonchev–Trinajstić information content (AvgIpc) is 2.92. The van der Waals surface area contributed by atoms with Gasteiger partial charge in [0.15, 0.2) is 11.1 Å². The molecule has 2 fully saturated rings. The van der Waals surface area contributed by atoms with Gasteiger partial charge in [0, 0.05) is 19.1 Å². The molecule has 5 heteroatoms. The Hall–Kier alpha value is 0.0300. The fourth-order valence-electron chi connectivity index (χ4n) is 2.15. The Morgan fingerprint density at radius 3 is 2.29 bits per heavy atom. The highest BCUT2D eigenvalue weighted by atomic mass is 32.2. The Bertz CT molecular complexity index is 225.